The van der Waals surface area contributed by atoms with E-state index in [1.54, 1.807) is 24.3 Å². The first-order valence-corrected chi connectivity index (χ1v) is 25.9. The van der Waals surface area contributed by atoms with Gasteiger partial charge in [-0.05, 0) is 258 Å². The highest BCUT2D eigenvalue weighted by Gasteiger charge is 2.40. The zero-order valence-electron chi connectivity index (χ0n) is 46.3. The average Bonchev–Trinajstić information content (AvgIpc) is 3.59. The van der Waals surface area contributed by atoms with Crippen molar-refractivity contribution in [2.75, 3.05) is 9.80 Å². The molecule has 1 aromatic heterocycles. The fourth-order valence-electron chi connectivity index (χ4n) is 12.1. The summed E-state index contributed by atoms with van der Waals surface area (Å²) < 4.78 is 92.2. The molecule has 0 fully saturated rings. The maximum Gasteiger partial charge on any atom is 0.416 e. The van der Waals surface area contributed by atoms with Gasteiger partial charge >= 0.3 is 12.4 Å². The number of halogens is 6. The topological polar surface area (TPSA) is 45.2 Å². The van der Waals surface area contributed by atoms with E-state index in [-0.39, 0.29) is 28.6 Å². The highest BCUT2D eigenvalue weighted by molar-refractivity contribution is 5.97. The highest BCUT2D eigenvalue weighted by Crippen LogP contribution is 2.56. The van der Waals surface area contributed by atoms with Gasteiger partial charge in [0.1, 0.15) is 0 Å². The number of alkyl halides is 6. The lowest BCUT2D eigenvalue weighted by Crippen LogP contribution is -2.25. The maximum absolute atomic E-state index is 15.4. The van der Waals surface area contributed by atoms with Crippen LogP contribution in [0.25, 0.3) is 34.2 Å². The summed E-state index contributed by atoms with van der Waals surface area (Å²) in [6, 6.07) is 16.3. The first kappa shape index (κ1) is 52.2. The zero-order chi connectivity index (χ0) is 55.1. The lowest BCUT2D eigenvalue weighted by atomic mass is 9.80. The first-order chi connectivity index (χ1) is 35.6. The molecule has 0 bridgehead atoms. The van der Waals surface area contributed by atoms with Crippen LogP contribution in [0.3, 0.4) is 0 Å². The van der Waals surface area contributed by atoms with Gasteiger partial charge in [0, 0.05) is 29.5 Å². The number of rotatable bonds is 5. The van der Waals surface area contributed by atoms with Crippen LogP contribution in [0.2, 0.25) is 0 Å². The van der Waals surface area contributed by atoms with Gasteiger partial charge in [0.25, 0.3) is 0 Å². The monoisotopic (exact) mass is 1030 g/mol. The Morgan fingerprint density at radius 1 is 0.329 bits per heavy atom. The van der Waals surface area contributed by atoms with Gasteiger partial charge in [0.05, 0.1) is 45.3 Å². The van der Waals surface area contributed by atoms with Crippen molar-refractivity contribution in [1.82, 2.24) is 15.0 Å². The van der Waals surface area contributed by atoms with Gasteiger partial charge in [-0.25, -0.2) is 15.0 Å². The summed E-state index contributed by atoms with van der Waals surface area (Å²) in [7, 11) is 0. The van der Waals surface area contributed by atoms with E-state index in [0.29, 0.717) is 29.8 Å². The molecule has 2 aliphatic heterocycles. The maximum atomic E-state index is 15.4. The van der Waals surface area contributed by atoms with E-state index in [0.717, 1.165) is 158 Å². The third-order valence-electron chi connectivity index (χ3n) is 18.0. The molecule has 0 atom stereocenters. The fourth-order valence-corrected chi connectivity index (χ4v) is 12.1. The van der Waals surface area contributed by atoms with Gasteiger partial charge < -0.3 is 9.80 Å². The van der Waals surface area contributed by atoms with Crippen molar-refractivity contribution < 1.29 is 26.3 Å². The van der Waals surface area contributed by atoms with Crippen LogP contribution in [0.15, 0.2) is 66.7 Å². The summed E-state index contributed by atoms with van der Waals surface area (Å²) >= 11 is 0. The Morgan fingerprint density at radius 2 is 0.605 bits per heavy atom. The van der Waals surface area contributed by atoms with Crippen molar-refractivity contribution in [1.29, 1.82) is 0 Å². The zero-order valence-corrected chi connectivity index (χ0v) is 46.3. The normalized spacial score (nSPS) is 13.2. The lowest BCUT2D eigenvalue weighted by molar-refractivity contribution is -0.138. The molecule has 0 N–H and O–H groups in total. The van der Waals surface area contributed by atoms with Crippen LogP contribution in [-0.4, -0.2) is 15.0 Å². The van der Waals surface area contributed by atoms with Crippen molar-refractivity contribution in [3.05, 3.63) is 189 Å². The molecule has 11 heteroatoms. The van der Waals surface area contributed by atoms with Gasteiger partial charge in [0.2, 0.25) is 0 Å². The molecule has 8 aromatic rings. The second-order valence-electron chi connectivity index (χ2n) is 21.5. The molecule has 0 spiro atoms. The Balaban J connectivity index is 1.36. The minimum atomic E-state index is -4.79. The molecular formula is C65H63F6N5. The molecule has 2 aliphatic rings. The van der Waals surface area contributed by atoms with E-state index in [1.165, 1.54) is 12.1 Å². The van der Waals surface area contributed by atoms with Crippen molar-refractivity contribution in [3.63, 3.8) is 0 Å². The Hall–Kier alpha value is -7.27. The fraction of sp³-hybridized carbons (Fsp3) is 0.308. The van der Waals surface area contributed by atoms with E-state index < -0.39 is 23.5 Å². The quantitative estimate of drug-likeness (QED) is 0.161. The van der Waals surface area contributed by atoms with E-state index in [9.17, 15) is 0 Å². The van der Waals surface area contributed by atoms with Crippen LogP contribution >= 0.6 is 0 Å². The van der Waals surface area contributed by atoms with E-state index in [2.05, 4.69) is 121 Å². The van der Waals surface area contributed by atoms with Gasteiger partial charge in [0.15, 0.2) is 17.5 Å². The number of nitrogens with zero attached hydrogens (tertiary/aromatic N) is 5. The van der Waals surface area contributed by atoms with Crippen LogP contribution in [-0.2, 0) is 25.2 Å². The van der Waals surface area contributed by atoms with E-state index in [4.69, 9.17) is 15.0 Å². The van der Waals surface area contributed by atoms with E-state index in [1.807, 2.05) is 6.07 Å². The van der Waals surface area contributed by atoms with Gasteiger partial charge in [-0.1, -0.05) is 30.3 Å². The van der Waals surface area contributed by atoms with Crippen molar-refractivity contribution in [2.45, 2.75) is 136 Å². The van der Waals surface area contributed by atoms with Crippen LogP contribution in [0.5, 0.6) is 0 Å². The Morgan fingerprint density at radius 3 is 0.895 bits per heavy atom. The molecule has 5 nitrogen and oxygen atoms in total. The highest BCUT2D eigenvalue weighted by atomic mass is 19.4. The summed E-state index contributed by atoms with van der Waals surface area (Å²) in [5, 5.41) is 0. The SMILES string of the molecule is Cc1c(C)c(C)c2c(c1C)Cc1c(C)c(C)c(C)c(C)c1N2c1ccc(C(F)(F)F)cc1-c1nc(-c2ccccc2)nc(-c2cc(C(F)(F)F)ccc2N2c3c(C)c(C)c(C)c(C)c3Cc3c(C)c(C)c(C)c(C)c32)n1. The minimum absolute atomic E-state index is 0.0392. The average molecular weight is 1030 g/mol. The number of anilines is 6. The summed E-state index contributed by atoms with van der Waals surface area (Å²) in [4.78, 5) is 19.5. The number of benzene rings is 7. The molecule has 0 radical (unpaired) electrons. The second kappa shape index (κ2) is 18.2. The summed E-state index contributed by atoms with van der Waals surface area (Å²) in [6.45, 7) is 33.4. The van der Waals surface area contributed by atoms with Crippen LogP contribution < -0.4 is 9.80 Å². The number of hydrogen-bond donors (Lipinski definition) is 0. The van der Waals surface area contributed by atoms with Gasteiger partial charge in [-0.15, -0.1) is 0 Å². The number of hydrogen-bond acceptors (Lipinski definition) is 5. The van der Waals surface area contributed by atoms with Crippen molar-refractivity contribution in [3.8, 4) is 34.2 Å². The minimum Gasteiger partial charge on any atom is -0.309 e. The lowest BCUT2D eigenvalue weighted by Gasteiger charge is -2.40. The van der Waals surface area contributed by atoms with Gasteiger partial charge in [-0.2, -0.15) is 26.3 Å². The Kier molecular flexibility index (Phi) is 12.5. The third kappa shape index (κ3) is 7.93. The smallest absolute Gasteiger partial charge is 0.309 e. The third-order valence-corrected chi connectivity index (χ3v) is 18.0. The standard InChI is InChI=1S/C65H63F6N5/c1-30-34(5)42(13)57-49(38(30)9)28-50-39(10)31(2)35(6)43(14)58(50)75(57)55-24-22-47(64(66,67)68)26-53(55)62-72-61(46-20-18-17-19-21-46)73-63(74-62)54-27-48(65(69,70)71)23-25-56(54)76-59-44(15)36(7)32(3)40(11)51(59)29-52-41(12)33(4)37(8)45(16)60(52)76/h17-27H,28-29H2,1-16H3. The first-order valence-electron chi connectivity index (χ1n) is 25.9. The Bertz CT molecular complexity index is 3440. The molecule has 0 amide bonds. The predicted molar refractivity (Wildman–Crippen MR) is 297 cm³/mol. The molecule has 7 aromatic carbocycles. The molecule has 3 heterocycles. The van der Waals surface area contributed by atoms with Crippen LogP contribution in [0.1, 0.15) is 122 Å². The molecule has 390 valence electrons. The summed E-state index contributed by atoms with van der Waals surface area (Å²) in [6.07, 6.45) is -8.34. The van der Waals surface area contributed by atoms with Crippen LogP contribution in [0, 0.1) is 111 Å². The number of aromatic nitrogens is 3. The molecule has 10 rings (SSSR count). The molecule has 76 heavy (non-hydrogen) atoms. The van der Waals surface area contributed by atoms with E-state index >= 15 is 26.3 Å². The molecule has 0 saturated carbocycles. The number of fused-ring (bicyclic) bond motifs is 4. The molecule has 0 unspecified atom stereocenters. The van der Waals surface area contributed by atoms with Gasteiger partial charge in [-0.3, -0.25) is 0 Å². The molecular weight excluding hydrogens is 965 g/mol. The Labute approximate surface area is 442 Å². The molecule has 0 saturated heterocycles. The molecule has 0 aliphatic carbocycles. The second-order valence-corrected chi connectivity index (χ2v) is 21.5. The summed E-state index contributed by atoms with van der Waals surface area (Å²) in [5.41, 5.74) is 24.3. The van der Waals surface area contributed by atoms with Crippen molar-refractivity contribution >= 4 is 34.1 Å². The van der Waals surface area contributed by atoms with Crippen molar-refractivity contribution in [2.24, 2.45) is 0 Å². The van der Waals surface area contributed by atoms with Crippen LogP contribution in [0.4, 0.5) is 60.5 Å². The summed E-state index contributed by atoms with van der Waals surface area (Å²) in [5.74, 6) is -0.176. The predicted octanol–water partition coefficient (Wildman–Crippen LogP) is 18.6. The largest absolute Gasteiger partial charge is 0.416 e.